The van der Waals surface area contributed by atoms with E-state index in [1.54, 1.807) is 0 Å². The van der Waals surface area contributed by atoms with Crippen molar-refractivity contribution in [3.8, 4) is 0 Å². The second kappa shape index (κ2) is 4.80. The molecular formula is C10H16ClNO2. The van der Waals surface area contributed by atoms with Gasteiger partial charge in [0.2, 0.25) is 0 Å². The van der Waals surface area contributed by atoms with E-state index in [4.69, 9.17) is 16.7 Å². The number of carboxylic acid groups (broad SMARTS) is 1. The molecule has 14 heavy (non-hydrogen) atoms. The van der Waals surface area contributed by atoms with Crippen molar-refractivity contribution in [2.45, 2.75) is 19.8 Å². The van der Waals surface area contributed by atoms with E-state index in [9.17, 15) is 4.79 Å². The summed E-state index contributed by atoms with van der Waals surface area (Å²) in [5, 5.41) is 9.07. The molecule has 0 spiro atoms. The lowest BCUT2D eigenvalue weighted by atomic mass is 9.82. The Labute approximate surface area is 89.3 Å². The summed E-state index contributed by atoms with van der Waals surface area (Å²) in [4.78, 5) is 13.1. The fraction of sp³-hybridized carbons (Fsp3) is 0.700. The van der Waals surface area contributed by atoms with Gasteiger partial charge in [0, 0.05) is 18.6 Å². The van der Waals surface area contributed by atoms with Gasteiger partial charge in [-0.3, -0.25) is 9.69 Å². The molecule has 0 radical (unpaired) electrons. The van der Waals surface area contributed by atoms with Crippen molar-refractivity contribution >= 4 is 17.6 Å². The van der Waals surface area contributed by atoms with Crippen molar-refractivity contribution in [1.29, 1.82) is 0 Å². The number of rotatable bonds is 3. The molecular weight excluding hydrogens is 202 g/mol. The number of halogens is 1. The third kappa shape index (κ3) is 2.72. The van der Waals surface area contributed by atoms with Crippen LogP contribution in [0.1, 0.15) is 19.8 Å². The van der Waals surface area contributed by atoms with Gasteiger partial charge >= 0.3 is 5.97 Å². The van der Waals surface area contributed by atoms with Gasteiger partial charge in [-0.1, -0.05) is 17.7 Å². The summed E-state index contributed by atoms with van der Waals surface area (Å²) in [5.74, 6) is -0.697. The van der Waals surface area contributed by atoms with Crippen LogP contribution in [-0.4, -0.2) is 35.6 Å². The van der Waals surface area contributed by atoms with E-state index in [2.05, 4.69) is 4.90 Å². The molecule has 0 aromatic carbocycles. The zero-order valence-electron chi connectivity index (χ0n) is 8.37. The minimum absolute atomic E-state index is 0.585. The molecule has 0 aromatic heterocycles. The Balaban J connectivity index is 2.55. The minimum atomic E-state index is -0.697. The lowest BCUT2D eigenvalue weighted by Gasteiger charge is -2.36. The van der Waals surface area contributed by atoms with E-state index in [1.165, 1.54) is 5.54 Å². The average molecular weight is 218 g/mol. The van der Waals surface area contributed by atoms with Crippen LogP contribution in [0, 0.1) is 5.41 Å². The molecule has 1 atom stereocenters. The first-order valence-electron chi connectivity index (χ1n) is 4.79. The summed E-state index contributed by atoms with van der Waals surface area (Å²) in [6, 6.07) is 0. The first-order chi connectivity index (χ1) is 6.58. The van der Waals surface area contributed by atoms with E-state index >= 15 is 0 Å². The van der Waals surface area contributed by atoms with Gasteiger partial charge in [-0.05, 0) is 26.3 Å². The predicted molar refractivity (Wildman–Crippen MR) is 56.4 cm³/mol. The Bertz CT molecular complexity index is 242. The van der Waals surface area contributed by atoms with Crippen LogP contribution in [0.15, 0.2) is 11.6 Å². The van der Waals surface area contributed by atoms with Gasteiger partial charge in [-0.15, -0.1) is 0 Å². The maximum atomic E-state index is 11.0. The molecule has 0 amide bonds. The van der Waals surface area contributed by atoms with E-state index < -0.39 is 11.4 Å². The fourth-order valence-corrected chi connectivity index (χ4v) is 1.94. The lowest BCUT2D eigenvalue weighted by molar-refractivity contribution is -0.151. The molecule has 0 bridgehead atoms. The Morgan fingerprint density at radius 3 is 3.00 bits per heavy atom. The molecule has 1 aliphatic heterocycles. The standard InChI is InChI=1S/C10H16ClNO2/c1-10(9(13)14)4-2-6-12(8-10)7-3-5-11/h3,5H,2,4,6-8H2,1H3,(H,13,14). The topological polar surface area (TPSA) is 40.5 Å². The third-order valence-corrected chi connectivity index (χ3v) is 2.92. The van der Waals surface area contributed by atoms with Gasteiger partial charge in [-0.25, -0.2) is 0 Å². The molecule has 1 aliphatic rings. The highest BCUT2D eigenvalue weighted by Crippen LogP contribution is 2.29. The molecule has 1 rings (SSSR count). The Morgan fingerprint density at radius 2 is 2.43 bits per heavy atom. The van der Waals surface area contributed by atoms with Crippen LogP contribution >= 0.6 is 11.6 Å². The van der Waals surface area contributed by atoms with Crippen LogP contribution < -0.4 is 0 Å². The van der Waals surface area contributed by atoms with Crippen molar-refractivity contribution in [2.24, 2.45) is 5.41 Å². The largest absolute Gasteiger partial charge is 0.481 e. The number of nitrogens with zero attached hydrogens (tertiary/aromatic N) is 1. The Kier molecular flexibility index (Phi) is 3.96. The molecule has 1 heterocycles. The van der Waals surface area contributed by atoms with Gasteiger partial charge in [0.15, 0.2) is 0 Å². The number of aliphatic carboxylic acids is 1. The zero-order chi connectivity index (χ0) is 10.6. The highest BCUT2D eigenvalue weighted by molar-refractivity contribution is 6.25. The number of likely N-dealkylation sites (tertiary alicyclic amines) is 1. The van der Waals surface area contributed by atoms with Gasteiger partial charge in [0.05, 0.1) is 5.41 Å². The van der Waals surface area contributed by atoms with Gasteiger partial charge in [-0.2, -0.15) is 0 Å². The molecule has 1 saturated heterocycles. The Hall–Kier alpha value is -0.540. The van der Waals surface area contributed by atoms with Crippen LogP contribution in [0.2, 0.25) is 0 Å². The number of carboxylic acids is 1. The second-order valence-corrected chi connectivity index (χ2v) is 4.32. The first-order valence-corrected chi connectivity index (χ1v) is 5.23. The molecule has 0 saturated carbocycles. The summed E-state index contributed by atoms with van der Waals surface area (Å²) < 4.78 is 0. The maximum Gasteiger partial charge on any atom is 0.310 e. The molecule has 1 fully saturated rings. The summed E-state index contributed by atoms with van der Waals surface area (Å²) in [6.07, 6.45) is 3.55. The number of hydrogen-bond donors (Lipinski definition) is 1. The van der Waals surface area contributed by atoms with Gasteiger partial charge in [0.1, 0.15) is 0 Å². The molecule has 0 aliphatic carbocycles. The van der Waals surface area contributed by atoms with Crippen LogP contribution in [-0.2, 0) is 4.79 Å². The summed E-state index contributed by atoms with van der Waals surface area (Å²) in [7, 11) is 0. The van der Waals surface area contributed by atoms with Gasteiger partial charge in [0.25, 0.3) is 0 Å². The SMILES string of the molecule is CC1(C(=O)O)CCCN(CC=CCl)C1. The van der Waals surface area contributed by atoms with E-state index in [0.717, 1.165) is 25.9 Å². The highest BCUT2D eigenvalue weighted by atomic mass is 35.5. The van der Waals surface area contributed by atoms with Crippen molar-refractivity contribution in [1.82, 2.24) is 4.90 Å². The molecule has 4 heteroatoms. The summed E-state index contributed by atoms with van der Waals surface area (Å²) >= 11 is 5.43. The lowest BCUT2D eigenvalue weighted by Crippen LogP contribution is -2.45. The molecule has 3 nitrogen and oxygen atoms in total. The Morgan fingerprint density at radius 1 is 1.71 bits per heavy atom. The highest BCUT2D eigenvalue weighted by Gasteiger charge is 2.37. The molecule has 1 N–H and O–H groups in total. The van der Waals surface area contributed by atoms with Gasteiger partial charge < -0.3 is 5.11 Å². The van der Waals surface area contributed by atoms with Crippen molar-refractivity contribution < 1.29 is 9.90 Å². The van der Waals surface area contributed by atoms with Crippen molar-refractivity contribution in [3.63, 3.8) is 0 Å². The number of hydrogen-bond acceptors (Lipinski definition) is 2. The van der Waals surface area contributed by atoms with Crippen molar-refractivity contribution in [3.05, 3.63) is 11.6 Å². The van der Waals surface area contributed by atoms with E-state index in [1.807, 2.05) is 13.0 Å². The quantitative estimate of drug-likeness (QED) is 0.786. The normalized spacial score (nSPS) is 29.6. The summed E-state index contributed by atoms with van der Waals surface area (Å²) in [6.45, 7) is 4.13. The minimum Gasteiger partial charge on any atom is -0.481 e. The zero-order valence-corrected chi connectivity index (χ0v) is 9.13. The van der Waals surface area contributed by atoms with Crippen LogP contribution in [0.3, 0.4) is 0 Å². The predicted octanol–water partition coefficient (Wildman–Crippen LogP) is 1.93. The van der Waals surface area contributed by atoms with E-state index in [-0.39, 0.29) is 0 Å². The summed E-state index contributed by atoms with van der Waals surface area (Å²) in [5.41, 5.74) is 0.894. The first kappa shape index (κ1) is 11.5. The third-order valence-electron chi connectivity index (χ3n) is 2.74. The molecule has 1 unspecified atom stereocenters. The maximum absolute atomic E-state index is 11.0. The van der Waals surface area contributed by atoms with Crippen molar-refractivity contribution in [2.75, 3.05) is 19.6 Å². The van der Waals surface area contributed by atoms with E-state index in [0.29, 0.717) is 6.54 Å². The van der Waals surface area contributed by atoms with Crippen LogP contribution in [0.5, 0.6) is 0 Å². The fourth-order valence-electron chi connectivity index (χ4n) is 1.86. The van der Waals surface area contributed by atoms with Crippen LogP contribution in [0.4, 0.5) is 0 Å². The smallest absolute Gasteiger partial charge is 0.310 e. The van der Waals surface area contributed by atoms with Crippen LogP contribution in [0.25, 0.3) is 0 Å². The molecule has 0 aromatic rings. The number of piperidine rings is 1. The second-order valence-electron chi connectivity index (χ2n) is 4.07. The average Bonchev–Trinajstić information content (AvgIpc) is 2.15. The molecule has 80 valence electrons. The number of carbonyl (C=O) groups is 1. The monoisotopic (exact) mass is 217 g/mol.